The molecular formula is C112H168Si8. The Morgan fingerprint density at radius 2 is 0.200 bits per heavy atom. The Balaban J connectivity index is 6.83. The van der Waals surface area contributed by atoms with Gasteiger partial charge in [0.25, 0.3) is 0 Å². The summed E-state index contributed by atoms with van der Waals surface area (Å²) in [7, 11) is -19.1. The number of hydrogen-bond acceptors (Lipinski definition) is 0. The topological polar surface area (TPSA) is 0 Å². The van der Waals surface area contributed by atoms with Gasteiger partial charge in [-0.2, -0.15) is 0 Å². The van der Waals surface area contributed by atoms with Crippen molar-refractivity contribution in [3.8, 4) is 186 Å². The minimum atomic E-state index is -2.39. The van der Waals surface area contributed by atoms with Crippen LogP contribution in [0.2, 0.25) is 133 Å². The molecule has 1 aliphatic carbocycles. The molecule has 0 aliphatic heterocycles. The van der Waals surface area contributed by atoms with E-state index in [1.54, 1.807) is 0 Å². The van der Waals surface area contributed by atoms with Crippen LogP contribution in [0.3, 0.4) is 0 Å². The number of hydrogen-bond donors (Lipinski definition) is 0. The van der Waals surface area contributed by atoms with Gasteiger partial charge in [-0.3, -0.25) is 0 Å². The van der Waals surface area contributed by atoms with Gasteiger partial charge in [-0.25, -0.2) is 0 Å². The first-order valence-corrected chi connectivity index (χ1v) is 64.5. The summed E-state index contributed by atoms with van der Waals surface area (Å²) in [6, 6.07) is 0. The maximum Gasteiger partial charge on any atom is 0.146 e. The Kier molecular flexibility index (Phi) is 45.4. The highest BCUT2D eigenvalue weighted by atomic mass is 28.3. The molecule has 0 radical (unpaired) electrons. The van der Waals surface area contributed by atoms with E-state index in [2.05, 4.69) is 519 Å². The van der Waals surface area contributed by atoms with Gasteiger partial charge in [-0.05, 0) is 228 Å². The van der Waals surface area contributed by atoms with Crippen LogP contribution in [0.5, 0.6) is 0 Å². The summed E-state index contributed by atoms with van der Waals surface area (Å²) in [4.78, 5) is 0. The summed E-state index contributed by atoms with van der Waals surface area (Å²) in [5, 5.41) is 0. The van der Waals surface area contributed by atoms with Crippen LogP contribution < -0.4 is 0 Å². The molecule has 0 nitrogen and oxygen atoms in total. The van der Waals surface area contributed by atoms with Gasteiger partial charge in [0.15, 0.2) is 0 Å². The summed E-state index contributed by atoms with van der Waals surface area (Å²) in [5.41, 5.74) is 45.7. The predicted molar refractivity (Wildman–Crippen MR) is 561 cm³/mol. The van der Waals surface area contributed by atoms with E-state index in [0.717, 1.165) is 0 Å². The Morgan fingerprint density at radius 3 is 0.258 bits per heavy atom. The minimum Gasteiger partial charge on any atom is -0.124 e. The third-order valence-corrected chi connectivity index (χ3v) is 79.2. The molecule has 0 aromatic heterocycles. The largest absolute Gasteiger partial charge is 0.146 e. The molecule has 120 heavy (non-hydrogen) atoms. The zero-order valence-electron chi connectivity index (χ0n) is 85.9. The highest BCUT2D eigenvalue weighted by molar-refractivity contribution is 6.94. The fourth-order valence-electron chi connectivity index (χ4n) is 22.8. The van der Waals surface area contributed by atoms with Crippen LogP contribution in [-0.4, -0.2) is 64.6 Å². The Labute approximate surface area is 755 Å². The molecule has 0 aromatic carbocycles. The average molecular weight is 1740 g/mol. The van der Waals surface area contributed by atoms with Crippen LogP contribution in [0.1, 0.15) is 332 Å². The monoisotopic (exact) mass is 1740 g/mol. The maximum absolute atomic E-state index is 4.10. The van der Waals surface area contributed by atoms with Gasteiger partial charge in [0.2, 0.25) is 0 Å². The summed E-state index contributed by atoms with van der Waals surface area (Å²) in [6.07, 6.45) is 0. The lowest BCUT2D eigenvalue weighted by atomic mass is 10.1. The van der Waals surface area contributed by atoms with Crippen molar-refractivity contribution >= 4 is 64.6 Å². The van der Waals surface area contributed by atoms with E-state index in [4.69, 9.17) is 0 Å². The van der Waals surface area contributed by atoms with E-state index in [1.807, 2.05) is 0 Å². The molecule has 0 unspecified atom stereocenters. The molecular weight excluding hydrogens is 1570 g/mol. The van der Waals surface area contributed by atoms with Crippen LogP contribution in [0, 0.1) is 186 Å². The minimum absolute atomic E-state index is 0.358. The lowest BCUT2D eigenvalue weighted by Gasteiger charge is -2.38. The average Bonchev–Trinajstić information content (AvgIpc) is 1.05. The van der Waals surface area contributed by atoms with Gasteiger partial charge >= 0.3 is 0 Å². The molecule has 1 rings (SSSR count). The van der Waals surface area contributed by atoms with Gasteiger partial charge in [0, 0.05) is 0 Å². The second-order valence-corrected chi connectivity index (χ2v) is 86.8. The Bertz CT molecular complexity index is 3720. The molecule has 8 heteroatoms. The summed E-state index contributed by atoms with van der Waals surface area (Å²) >= 11 is 0. The third kappa shape index (κ3) is 25.9. The molecule has 0 amide bonds. The van der Waals surface area contributed by atoms with E-state index < -0.39 is 64.6 Å². The van der Waals surface area contributed by atoms with Crippen molar-refractivity contribution < 1.29 is 0 Å². The summed E-state index contributed by atoms with van der Waals surface area (Å²) in [5.74, 6) is 87.0. The summed E-state index contributed by atoms with van der Waals surface area (Å²) < 4.78 is 0. The first-order valence-electron chi connectivity index (χ1n) is 46.6. The first-order chi connectivity index (χ1) is 55.3. The quantitative estimate of drug-likeness (QED) is 0.0667. The standard InChI is InChI=1S/C112H168Si8/c1-81(2)113(82(3)4,83(5)6)73-65-109(66-74-114(84(7)8,85(9)10)86(11)12)105-57-49-51-59-106(110(67-75-115(87(13)14,88(15)16)89(17)18)68-76-116(90(19)20,91(21)22)92(23)24)61-53-55-63-108(112(71-79-119(99(37)38,100(39)40)101(41)42)72-80-120(102(43)44,103(45)46)104(47)48)64-56-54-62-107(60-52-50-58-105)111(69-77-117(93(25)26,94(27)28)95(29)30)70-78-118(96(31)32,97(33)34)98(35)36/h81-104H,1-48H3. The van der Waals surface area contributed by atoms with Gasteiger partial charge < -0.3 is 0 Å². The van der Waals surface area contributed by atoms with Gasteiger partial charge in [0.1, 0.15) is 86.9 Å². The van der Waals surface area contributed by atoms with E-state index in [-0.39, 0.29) is 0 Å². The van der Waals surface area contributed by atoms with Crippen molar-refractivity contribution in [1.29, 1.82) is 0 Å². The Hall–Kier alpha value is -6.34. The molecule has 0 saturated heterocycles. The normalized spacial score (nSPS) is 13.2. The first kappa shape index (κ1) is 112. The van der Waals surface area contributed by atoms with Crippen molar-refractivity contribution in [3.63, 3.8) is 0 Å². The predicted octanol–water partition coefficient (Wildman–Crippen LogP) is 31.0. The SMILES string of the molecule is CC(C)[Si](C#CC(C#C[Si](C(C)C)(C(C)C)C(C)C)=C1C#CC#CC(=C(C#C[Si](C(C)C)(C(C)C)C(C)C)C#C[Si](C(C)C)(C(C)C)C(C)C)C#CC#CC(=C(C#C[Si](C(C)C)(C(C)C)C(C)C)C#C[Si](C(C)C)(C(C)C)C(C)C)C#CC#CC(=C(C#C[Si](C(C)C)(C(C)C)C(C)C)C#C[Si](C(C)C)(C(C)C)C(C)C)C#CC#C1)(C(C)C)C(C)C. The van der Waals surface area contributed by atoms with Crippen LogP contribution in [0.15, 0.2) is 44.6 Å². The molecule has 0 fully saturated rings. The van der Waals surface area contributed by atoms with Gasteiger partial charge in [-0.15, -0.1) is 44.3 Å². The van der Waals surface area contributed by atoms with Crippen LogP contribution in [0.25, 0.3) is 0 Å². The van der Waals surface area contributed by atoms with Crippen LogP contribution in [-0.2, 0) is 0 Å². The smallest absolute Gasteiger partial charge is 0.124 e. The van der Waals surface area contributed by atoms with Crippen molar-refractivity contribution in [1.82, 2.24) is 0 Å². The summed E-state index contributed by atoms with van der Waals surface area (Å²) in [6.45, 7) is 113. The highest BCUT2D eigenvalue weighted by Crippen LogP contribution is 2.48. The second-order valence-electron chi connectivity index (χ2n) is 42.2. The molecule has 0 spiro atoms. The second kappa shape index (κ2) is 48.8. The molecule has 0 saturated carbocycles. The van der Waals surface area contributed by atoms with Crippen molar-refractivity contribution in [2.24, 2.45) is 0 Å². The Morgan fingerprint density at radius 1 is 0.133 bits per heavy atom. The molecule has 1 aliphatic rings. The number of allylic oxidation sites excluding steroid dienone is 8. The maximum atomic E-state index is 4.10. The fourth-order valence-corrected chi connectivity index (χ4v) is 64.5. The molecule has 0 bridgehead atoms. The molecule has 0 atom stereocenters. The van der Waals surface area contributed by atoms with Crippen LogP contribution in [0.4, 0.5) is 0 Å². The lowest BCUT2D eigenvalue weighted by Crippen LogP contribution is -2.43. The van der Waals surface area contributed by atoms with Crippen LogP contribution >= 0.6 is 0 Å². The van der Waals surface area contributed by atoms with E-state index in [0.29, 0.717) is 178 Å². The molecule has 0 aromatic rings. The number of rotatable bonds is 24. The van der Waals surface area contributed by atoms with E-state index in [9.17, 15) is 0 Å². The molecule has 648 valence electrons. The van der Waals surface area contributed by atoms with E-state index >= 15 is 0 Å². The lowest BCUT2D eigenvalue weighted by molar-refractivity contribution is 0.838. The zero-order valence-corrected chi connectivity index (χ0v) is 93.9. The molecule has 0 heterocycles. The van der Waals surface area contributed by atoms with Gasteiger partial charge in [-0.1, -0.05) is 380 Å². The van der Waals surface area contributed by atoms with Crippen molar-refractivity contribution in [2.45, 2.75) is 465 Å². The fraction of sp³-hybridized carbons (Fsp3) is 0.643. The third-order valence-electron chi connectivity index (χ3n) is 28.9. The van der Waals surface area contributed by atoms with Crippen molar-refractivity contribution in [3.05, 3.63) is 44.6 Å². The van der Waals surface area contributed by atoms with E-state index in [1.165, 1.54) is 0 Å². The zero-order chi connectivity index (χ0) is 93.1. The van der Waals surface area contributed by atoms with Gasteiger partial charge in [0.05, 0.1) is 22.3 Å². The van der Waals surface area contributed by atoms with Crippen molar-refractivity contribution in [2.75, 3.05) is 0 Å². The molecule has 0 N–H and O–H groups in total. The highest BCUT2D eigenvalue weighted by Gasteiger charge is 2.49.